The fourth-order valence-electron chi connectivity index (χ4n) is 3.83. The molecule has 0 saturated carbocycles. The highest BCUT2D eigenvalue weighted by Crippen LogP contribution is 2.24. The molecule has 0 radical (unpaired) electrons. The van der Waals surface area contributed by atoms with Crippen molar-refractivity contribution in [2.24, 2.45) is 0 Å². The molecule has 3 aromatic rings. The van der Waals surface area contributed by atoms with Crippen LogP contribution in [0.3, 0.4) is 0 Å². The van der Waals surface area contributed by atoms with Crippen LogP contribution in [0.2, 0.25) is 5.02 Å². The third-order valence-electron chi connectivity index (χ3n) is 5.67. The van der Waals surface area contributed by atoms with E-state index in [9.17, 15) is 4.79 Å². The number of methoxy groups -OCH3 is 1. The van der Waals surface area contributed by atoms with Crippen LogP contribution < -0.4 is 4.74 Å². The molecule has 1 aliphatic heterocycles. The predicted octanol–water partition coefficient (Wildman–Crippen LogP) is 3.50. The number of carbonyl (C=O) groups excluding carboxylic acids is 1. The van der Waals surface area contributed by atoms with Crippen molar-refractivity contribution in [2.75, 3.05) is 33.3 Å². The van der Waals surface area contributed by atoms with E-state index >= 15 is 0 Å². The first kappa shape index (κ1) is 21.3. The summed E-state index contributed by atoms with van der Waals surface area (Å²) in [5, 5.41) is 9.09. The van der Waals surface area contributed by atoms with Crippen LogP contribution in [0.5, 0.6) is 5.75 Å². The zero-order chi connectivity index (χ0) is 22.0. The average molecular weight is 440 g/mol. The van der Waals surface area contributed by atoms with Crippen molar-refractivity contribution >= 4 is 17.5 Å². The van der Waals surface area contributed by atoms with Crippen LogP contribution in [0.1, 0.15) is 27.3 Å². The van der Waals surface area contributed by atoms with Gasteiger partial charge in [-0.3, -0.25) is 9.69 Å². The highest BCUT2D eigenvalue weighted by Gasteiger charge is 2.27. The molecule has 0 unspecified atom stereocenters. The molecule has 8 heteroatoms. The highest BCUT2D eigenvalue weighted by atomic mass is 35.5. The summed E-state index contributed by atoms with van der Waals surface area (Å²) in [6, 6.07) is 13.6. The second-order valence-electron chi connectivity index (χ2n) is 7.80. The lowest BCUT2D eigenvalue weighted by Gasteiger charge is -2.34. The van der Waals surface area contributed by atoms with Gasteiger partial charge in [0.2, 0.25) is 0 Å². The number of hydrogen-bond acceptors (Lipinski definition) is 5. The van der Waals surface area contributed by atoms with Crippen LogP contribution in [0.15, 0.2) is 42.5 Å². The van der Waals surface area contributed by atoms with Crippen molar-refractivity contribution in [3.05, 3.63) is 70.0 Å². The minimum atomic E-state index is -0.0733. The van der Waals surface area contributed by atoms with Crippen LogP contribution in [0.4, 0.5) is 0 Å². The van der Waals surface area contributed by atoms with Crippen molar-refractivity contribution in [3.63, 3.8) is 0 Å². The standard InChI is InChI=1S/C23H26ClN5O2/c1-16-4-7-20(8-5-16)29-17(2)22(25-26-29)23(30)28-12-10-27(11-13-28)15-18-14-19(24)6-9-21(18)31-3/h4-9,14H,10-13,15H2,1-3H3. The summed E-state index contributed by atoms with van der Waals surface area (Å²) >= 11 is 6.15. The maximum absolute atomic E-state index is 13.1. The maximum atomic E-state index is 13.1. The minimum Gasteiger partial charge on any atom is -0.496 e. The van der Waals surface area contributed by atoms with Gasteiger partial charge in [0.05, 0.1) is 18.5 Å². The second kappa shape index (κ2) is 9.08. The van der Waals surface area contributed by atoms with Crippen LogP contribution in [-0.4, -0.2) is 64.0 Å². The molecule has 0 spiro atoms. The number of nitrogens with zero attached hydrogens (tertiary/aromatic N) is 5. The Morgan fingerprint density at radius 1 is 1.06 bits per heavy atom. The summed E-state index contributed by atoms with van der Waals surface area (Å²) in [7, 11) is 1.66. The molecule has 7 nitrogen and oxygen atoms in total. The summed E-state index contributed by atoms with van der Waals surface area (Å²) in [4.78, 5) is 17.2. The SMILES string of the molecule is COc1ccc(Cl)cc1CN1CCN(C(=O)c2nnn(-c3ccc(C)cc3)c2C)CC1. The largest absolute Gasteiger partial charge is 0.496 e. The summed E-state index contributed by atoms with van der Waals surface area (Å²) in [6.07, 6.45) is 0. The number of rotatable bonds is 5. The van der Waals surface area contributed by atoms with Gasteiger partial charge in [-0.2, -0.15) is 0 Å². The molecular weight excluding hydrogens is 414 g/mol. The number of piperazine rings is 1. The molecule has 0 bridgehead atoms. The molecule has 31 heavy (non-hydrogen) atoms. The smallest absolute Gasteiger partial charge is 0.276 e. The Labute approximate surface area is 187 Å². The van der Waals surface area contributed by atoms with E-state index in [-0.39, 0.29) is 5.91 Å². The van der Waals surface area contributed by atoms with Crippen molar-refractivity contribution in [3.8, 4) is 11.4 Å². The summed E-state index contributed by atoms with van der Waals surface area (Å²) in [5.41, 5.74) is 4.28. The van der Waals surface area contributed by atoms with Gasteiger partial charge in [-0.1, -0.05) is 34.5 Å². The van der Waals surface area contributed by atoms with Gasteiger partial charge in [-0.15, -0.1) is 5.10 Å². The van der Waals surface area contributed by atoms with E-state index in [0.717, 1.165) is 42.3 Å². The normalized spacial score (nSPS) is 14.6. The molecule has 1 amide bonds. The molecule has 1 saturated heterocycles. The summed E-state index contributed by atoms with van der Waals surface area (Å²) < 4.78 is 7.17. The van der Waals surface area contributed by atoms with Crippen LogP contribution in [0.25, 0.3) is 5.69 Å². The lowest BCUT2D eigenvalue weighted by molar-refractivity contribution is 0.0621. The van der Waals surface area contributed by atoms with Crippen molar-refractivity contribution in [1.29, 1.82) is 0 Å². The first-order valence-corrected chi connectivity index (χ1v) is 10.7. The number of amides is 1. The maximum Gasteiger partial charge on any atom is 0.276 e. The number of hydrogen-bond donors (Lipinski definition) is 0. The molecule has 2 aromatic carbocycles. The predicted molar refractivity (Wildman–Crippen MR) is 120 cm³/mol. The third-order valence-corrected chi connectivity index (χ3v) is 5.91. The minimum absolute atomic E-state index is 0.0733. The summed E-state index contributed by atoms with van der Waals surface area (Å²) in [5.74, 6) is 0.752. The Kier molecular flexibility index (Phi) is 6.25. The quantitative estimate of drug-likeness (QED) is 0.608. The van der Waals surface area contributed by atoms with E-state index in [4.69, 9.17) is 16.3 Å². The number of halogens is 1. The van der Waals surface area contributed by atoms with Gasteiger partial charge in [-0.05, 0) is 44.2 Å². The Balaban J connectivity index is 1.41. The van der Waals surface area contributed by atoms with Crippen LogP contribution >= 0.6 is 11.6 Å². The van der Waals surface area contributed by atoms with Gasteiger partial charge in [0.15, 0.2) is 5.69 Å². The zero-order valence-electron chi connectivity index (χ0n) is 18.0. The fourth-order valence-corrected chi connectivity index (χ4v) is 4.02. The Morgan fingerprint density at radius 3 is 2.45 bits per heavy atom. The van der Waals surface area contributed by atoms with E-state index in [1.807, 2.05) is 61.2 Å². The van der Waals surface area contributed by atoms with Crippen molar-refractivity contribution < 1.29 is 9.53 Å². The first-order valence-electron chi connectivity index (χ1n) is 10.3. The first-order chi connectivity index (χ1) is 15.0. The molecule has 1 aromatic heterocycles. The lowest BCUT2D eigenvalue weighted by Crippen LogP contribution is -2.48. The fraction of sp³-hybridized carbons (Fsp3) is 0.348. The van der Waals surface area contributed by atoms with Gasteiger partial charge in [0.25, 0.3) is 5.91 Å². The lowest BCUT2D eigenvalue weighted by atomic mass is 10.1. The van der Waals surface area contributed by atoms with E-state index < -0.39 is 0 Å². The Morgan fingerprint density at radius 2 is 1.77 bits per heavy atom. The van der Waals surface area contributed by atoms with Crippen LogP contribution in [0, 0.1) is 13.8 Å². The monoisotopic (exact) mass is 439 g/mol. The van der Waals surface area contributed by atoms with Crippen LogP contribution in [-0.2, 0) is 6.54 Å². The Bertz CT molecular complexity index is 1070. The summed E-state index contributed by atoms with van der Waals surface area (Å²) in [6.45, 7) is 7.47. The van der Waals surface area contributed by atoms with Crippen molar-refractivity contribution in [2.45, 2.75) is 20.4 Å². The topological polar surface area (TPSA) is 63.5 Å². The molecule has 162 valence electrons. The third kappa shape index (κ3) is 4.57. The number of aryl methyl sites for hydroxylation is 1. The van der Waals surface area contributed by atoms with Gasteiger partial charge < -0.3 is 9.64 Å². The number of benzene rings is 2. The molecule has 2 heterocycles. The Hall–Kier alpha value is -2.90. The molecule has 0 atom stereocenters. The van der Waals surface area contributed by atoms with Gasteiger partial charge in [0.1, 0.15) is 5.75 Å². The second-order valence-corrected chi connectivity index (χ2v) is 8.23. The van der Waals surface area contributed by atoms with E-state index in [1.54, 1.807) is 11.8 Å². The van der Waals surface area contributed by atoms with E-state index in [1.165, 1.54) is 5.56 Å². The highest BCUT2D eigenvalue weighted by molar-refractivity contribution is 6.30. The molecule has 1 fully saturated rings. The number of ether oxygens (including phenoxy) is 1. The van der Waals surface area contributed by atoms with Gasteiger partial charge in [-0.25, -0.2) is 4.68 Å². The van der Waals surface area contributed by atoms with E-state index in [0.29, 0.717) is 23.8 Å². The molecule has 0 aliphatic carbocycles. The number of carbonyl (C=O) groups is 1. The van der Waals surface area contributed by atoms with Crippen molar-refractivity contribution in [1.82, 2.24) is 24.8 Å². The molecular formula is C23H26ClN5O2. The van der Waals surface area contributed by atoms with E-state index in [2.05, 4.69) is 15.2 Å². The zero-order valence-corrected chi connectivity index (χ0v) is 18.8. The molecule has 1 aliphatic rings. The van der Waals surface area contributed by atoms with Gasteiger partial charge >= 0.3 is 0 Å². The molecule has 0 N–H and O–H groups in total. The number of aromatic nitrogens is 3. The average Bonchev–Trinajstić information content (AvgIpc) is 3.16. The molecule has 4 rings (SSSR count). The van der Waals surface area contributed by atoms with Gasteiger partial charge in [0, 0.05) is 43.3 Å².